The first-order valence-corrected chi connectivity index (χ1v) is 17.7. The summed E-state index contributed by atoms with van der Waals surface area (Å²) in [6, 6.07) is 1.44. The van der Waals surface area contributed by atoms with E-state index >= 15 is 0 Å². The molecule has 1 aliphatic carbocycles. The number of carbonyl (C=O) groups excluding carboxylic acids is 2. The summed E-state index contributed by atoms with van der Waals surface area (Å²) in [5.74, 6) is 1.21. The van der Waals surface area contributed by atoms with E-state index in [0.29, 0.717) is 11.6 Å². The molecule has 4 heterocycles. The van der Waals surface area contributed by atoms with E-state index in [9.17, 15) is 9.59 Å². The highest BCUT2D eigenvalue weighted by Gasteiger charge is 2.43. The average Bonchev–Trinajstić information content (AvgIpc) is 3.73. The largest absolute Gasteiger partial charge is 0.300 e. The van der Waals surface area contributed by atoms with E-state index in [1.807, 2.05) is 0 Å². The molecule has 4 aliphatic heterocycles. The first-order valence-electron chi connectivity index (χ1n) is 17.7. The number of hydrogen-bond donors (Lipinski definition) is 0. The van der Waals surface area contributed by atoms with Gasteiger partial charge >= 0.3 is 0 Å². The third-order valence-corrected chi connectivity index (χ3v) is 12.2. The number of rotatable bonds is 8. The van der Waals surface area contributed by atoms with Crippen LogP contribution in [0.5, 0.6) is 0 Å². The van der Waals surface area contributed by atoms with Crippen LogP contribution in [-0.4, -0.2) is 107 Å². The van der Waals surface area contributed by atoms with Crippen molar-refractivity contribution in [3.8, 4) is 0 Å². The Hall–Kier alpha value is -0.820. The zero-order chi connectivity index (χ0) is 29.0. The van der Waals surface area contributed by atoms with Gasteiger partial charge in [0.2, 0.25) is 0 Å². The third-order valence-electron chi connectivity index (χ3n) is 12.2. The molecule has 4 saturated heterocycles. The van der Waals surface area contributed by atoms with E-state index in [4.69, 9.17) is 0 Å². The number of Topliss-reactive ketones (excluding diaryl/α,β-unsaturated/α-hetero) is 2. The van der Waals surface area contributed by atoms with Gasteiger partial charge < -0.3 is 9.80 Å². The molecule has 5 fully saturated rings. The van der Waals surface area contributed by atoms with Gasteiger partial charge in [0.05, 0.1) is 11.1 Å². The van der Waals surface area contributed by atoms with Crippen LogP contribution in [0.2, 0.25) is 0 Å². The molecule has 0 aromatic heterocycles. The maximum atomic E-state index is 14.0. The summed E-state index contributed by atoms with van der Waals surface area (Å²) in [5.41, 5.74) is -0.764. The van der Waals surface area contributed by atoms with Crippen molar-refractivity contribution < 1.29 is 9.59 Å². The van der Waals surface area contributed by atoms with Crippen molar-refractivity contribution in [1.82, 2.24) is 19.6 Å². The van der Waals surface area contributed by atoms with Gasteiger partial charge in [-0.05, 0) is 131 Å². The lowest BCUT2D eigenvalue weighted by Gasteiger charge is -2.45. The molecule has 0 spiro atoms. The molecule has 0 unspecified atom stereocenters. The maximum absolute atomic E-state index is 14.0. The molecule has 234 valence electrons. The maximum Gasteiger partial charge on any atom is 0.155 e. The zero-order valence-electron chi connectivity index (χ0n) is 27.2. The second kappa shape index (κ2) is 13.9. The van der Waals surface area contributed by atoms with Crippen LogP contribution in [0.3, 0.4) is 0 Å². The Morgan fingerprint density at radius 2 is 0.756 bits per heavy atom. The summed E-state index contributed by atoms with van der Waals surface area (Å²) in [4.78, 5) is 38.4. The Morgan fingerprint density at radius 1 is 0.439 bits per heavy atom. The van der Waals surface area contributed by atoms with Crippen LogP contribution in [0.4, 0.5) is 0 Å². The minimum absolute atomic E-state index is 0.146. The molecule has 5 aliphatic rings. The lowest BCUT2D eigenvalue weighted by atomic mass is 9.80. The molecule has 6 nitrogen and oxygen atoms in total. The summed E-state index contributed by atoms with van der Waals surface area (Å²) in [5, 5.41) is 0. The first kappa shape index (κ1) is 31.6. The number of piperidine rings is 2. The fourth-order valence-corrected chi connectivity index (χ4v) is 9.31. The Morgan fingerprint density at radius 3 is 1.10 bits per heavy atom. The second-order valence-corrected chi connectivity index (χ2v) is 15.4. The van der Waals surface area contributed by atoms with E-state index in [2.05, 4.69) is 47.3 Å². The Balaban J connectivity index is 1.11. The first-order chi connectivity index (χ1) is 19.7. The monoisotopic (exact) mass is 570 g/mol. The molecule has 0 aromatic carbocycles. The molecule has 0 amide bonds. The van der Waals surface area contributed by atoms with Crippen molar-refractivity contribution in [2.75, 3.05) is 52.4 Å². The molecule has 1 saturated carbocycles. The summed E-state index contributed by atoms with van der Waals surface area (Å²) < 4.78 is 0. The van der Waals surface area contributed by atoms with Crippen LogP contribution >= 0.6 is 0 Å². The van der Waals surface area contributed by atoms with Crippen molar-refractivity contribution in [1.29, 1.82) is 0 Å². The number of ketones is 2. The van der Waals surface area contributed by atoms with Gasteiger partial charge in [0.1, 0.15) is 0 Å². The SMILES string of the molecule is CC(C)(C(=O)[C@@H]1CCCC[C@H](C(=O)C(C)(C)N2CCC(N3CCCC3)CC2)CCC1)N1CCC(N2CCCC2)CC1. The lowest BCUT2D eigenvalue weighted by Crippen LogP contribution is -2.57. The minimum Gasteiger partial charge on any atom is -0.300 e. The Kier molecular flexibility index (Phi) is 10.7. The quantitative estimate of drug-likeness (QED) is 0.369. The van der Waals surface area contributed by atoms with Crippen LogP contribution in [0, 0.1) is 11.8 Å². The zero-order valence-corrected chi connectivity index (χ0v) is 27.2. The van der Waals surface area contributed by atoms with Crippen LogP contribution in [0.1, 0.15) is 124 Å². The molecule has 0 bridgehead atoms. The van der Waals surface area contributed by atoms with Crippen molar-refractivity contribution in [3.63, 3.8) is 0 Å². The van der Waals surface area contributed by atoms with Crippen LogP contribution in [0.15, 0.2) is 0 Å². The number of nitrogens with zero attached hydrogens (tertiary/aromatic N) is 4. The van der Waals surface area contributed by atoms with E-state index in [0.717, 1.165) is 83.2 Å². The minimum atomic E-state index is -0.382. The number of likely N-dealkylation sites (tertiary alicyclic amines) is 4. The summed E-state index contributed by atoms with van der Waals surface area (Å²) >= 11 is 0. The van der Waals surface area contributed by atoms with E-state index in [1.54, 1.807) is 0 Å². The van der Waals surface area contributed by atoms with E-state index in [1.165, 1.54) is 77.5 Å². The Bertz CT molecular complexity index is 789. The molecule has 0 radical (unpaired) electrons. The highest BCUT2D eigenvalue weighted by molar-refractivity contribution is 5.90. The summed E-state index contributed by atoms with van der Waals surface area (Å²) in [6.07, 6.45) is 17.3. The molecule has 2 atom stereocenters. The molecule has 6 heteroatoms. The van der Waals surface area contributed by atoms with Gasteiger partial charge in [0, 0.05) is 50.1 Å². The molecule has 0 N–H and O–H groups in total. The predicted octanol–water partition coefficient (Wildman–Crippen LogP) is 5.78. The predicted molar refractivity (Wildman–Crippen MR) is 168 cm³/mol. The van der Waals surface area contributed by atoms with E-state index < -0.39 is 0 Å². The van der Waals surface area contributed by atoms with Crippen molar-refractivity contribution in [2.24, 2.45) is 11.8 Å². The van der Waals surface area contributed by atoms with Crippen molar-refractivity contribution in [2.45, 2.75) is 147 Å². The number of hydrogen-bond acceptors (Lipinski definition) is 6. The van der Waals surface area contributed by atoms with Gasteiger partial charge in [-0.15, -0.1) is 0 Å². The molecular weight excluding hydrogens is 508 g/mol. The highest BCUT2D eigenvalue weighted by atomic mass is 16.1. The van der Waals surface area contributed by atoms with Gasteiger partial charge in [-0.3, -0.25) is 19.4 Å². The molecule has 0 aromatic rings. The van der Waals surface area contributed by atoms with Crippen LogP contribution in [-0.2, 0) is 9.59 Å². The van der Waals surface area contributed by atoms with Crippen molar-refractivity contribution in [3.05, 3.63) is 0 Å². The normalized spacial score (nSPS) is 30.2. The van der Waals surface area contributed by atoms with Gasteiger partial charge in [0.15, 0.2) is 11.6 Å². The van der Waals surface area contributed by atoms with Gasteiger partial charge in [0.25, 0.3) is 0 Å². The smallest absolute Gasteiger partial charge is 0.155 e. The van der Waals surface area contributed by atoms with E-state index in [-0.39, 0.29) is 22.9 Å². The topological polar surface area (TPSA) is 47.1 Å². The fourth-order valence-electron chi connectivity index (χ4n) is 9.31. The summed E-state index contributed by atoms with van der Waals surface area (Å²) in [7, 11) is 0. The fraction of sp³-hybridized carbons (Fsp3) is 0.943. The third kappa shape index (κ3) is 7.29. The molecular formula is C35H62N4O2. The lowest BCUT2D eigenvalue weighted by molar-refractivity contribution is -0.135. The molecule has 5 rings (SSSR count). The number of carbonyl (C=O) groups is 2. The molecule has 41 heavy (non-hydrogen) atoms. The average molecular weight is 571 g/mol. The van der Waals surface area contributed by atoms with Gasteiger partial charge in [-0.1, -0.05) is 19.3 Å². The standard InChI is InChI=1S/C35H62N4O2/c1-34(2,38-24-16-30(17-25-38)36-20-7-8-21-36)32(40)28-12-5-6-13-29(15-11-14-28)33(41)35(3,4)39-26-18-31(19-27-39)37-22-9-10-23-37/h28-31H,5-27H2,1-4H3/t28-,29+. The summed E-state index contributed by atoms with van der Waals surface area (Å²) in [6.45, 7) is 18.1. The Labute approximate surface area is 251 Å². The van der Waals surface area contributed by atoms with Crippen molar-refractivity contribution >= 4 is 11.6 Å². The highest BCUT2D eigenvalue weighted by Crippen LogP contribution is 2.35. The van der Waals surface area contributed by atoms with Crippen LogP contribution in [0.25, 0.3) is 0 Å². The van der Waals surface area contributed by atoms with Gasteiger partial charge in [-0.2, -0.15) is 0 Å². The van der Waals surface area contributed by atoms with Gasteiger partial charge in [-0.25, -0.2) is 0 Å². The second-order valence-electron chi connectivity index (χ2n) is 15.4. The van der Waals surface area contributed by atoms with Crippen LogP contribution < -0.4 is 0 Å².